The van der Waals surface area contributed by atoms with E-state index in [-0.39, 0.29) is 21.7 Å². The van der Waals surface area contributed by atoms with E-state index in [2.05, 4.69) is 125 Å². The molecule has 2 aromatic carbocycles. The summed E-state index contributed by atoms with van der Waals surface area (Å²) in [6.45, 7) is 28.5. The average molecular weight is 421 g/mol. The minimum absolute atomic E-state index is 0.135. The van der Waals surface area contributed by atoms with E-state index in [0.29, 0.717) is 0 Å². The van der Waals surface area contributed by atoms with Crippen molar-refractivity contribution in [2.75, 3.05) is 0 Å². The summed E-state index contributed by atoms with van der Waals surface area (Å²) in [6, 6.07) is 14.1. The smallest absolute Gasteiger partial charge is 0.0977 e. The van der Waals surface area contributed by atoms with E-state index in [1.54, 1.807) is 8.85 Å². The van der Waals surface area contributed by atoms with Crippen LogP contribution in [0.2, 0.25) is 5.79 Å². The largest absolute Gasteiger partial charge is 0.344 e. The first-order valence-electron chi connectivity index (χ1n) is 11.6. The molecule has 0 aromatic heterocycles. The van der Waals surface area contributed by atoms with E-state index < -0.39 is 14.1 Å². The highest BCUT2D eigenvalue weighted by Crippen LogP contribution is 2.31. The predicted octanol–water partition coefficient (Wildman–Crippen LogP) is 7.12. The van der Waals surface area contributed by atoms with Crippen LogP contribution >= 0.6 is 0 Å². The van der Waals surface area contributed by atoms with E-state index in [4.69, 9.17) is 0 Å². The van der Waals surface area contributed by atoms with Crippen LogP contribution in [0.3, 0.4) is 0 Å². The van der Waals surface area contributed by atoms with Crippen molar-refractivity contribution in [3.63, 3.8) is 0 Å². The molecule has 0 nitrogen and oxygen atoms in total. The highest BCUT2D eigenvalue weighted by atomic mass is 27.2. The van der Waals surface area contributed by atoms with Gasteiger partial charge in [0.2, 0.25) is 0 Å². The van der Waals surface area contributed by atoms with Gasteiger partial charge in [0.25, 0.3) is 0 Å². The topological polar surface area (TPSA) is 0 Å². The zero-order valence-electron chi connectivity index (χ0n) is 22.0. The number of benzene rings is 2. The maximum atomic E-state index is 2.58. The third-order valence-electron chi connectivity index (χ3n) is 6.31. The second kappa shape index (κ2) is 8.15. The average Bonchev–Trinajstić information content (AvgIpc) is 2.56. The van der Waals surface area contributed by atoms with Crippen LogP contribution < -0.4 is 8.85 Å². The predicted molar refractivity (Wildman–Crippen MR) is 139 cm³/mol. The normalized spacial score (nSPS) is 13.5. The Labute approximate surface area is 191 Å². The number of hydrogen-bond acceptors (Lipinski definition) is 0. The van der Waals surface area contributed by atoms with Crippen molar-refractivity contribution in [3.8, 4) is 0 Å². The van der Waals surface area contributed by atoms with E-state index >= 15 is 0 Å². The molecular weight excluding hydrogens is 375 g/mol. The van der Waals surface area contributed by atoms with E-state index in [1.165, 1.54) is 22.3 Å². The maximum Gasteiger partial charge on any atom is 0.344 e. The molecule has 0 radical (unpaired) electrons. The van der Waals surface area contributed by atoms with Crippen molar-refractivity contribution in [1.29, 1.82) is 0 Å². The summed E-state index contributed by atoms with van der Waals surface area (Å²) in [6.07, 6.45) is 0. The third kappa shape index (κ3) is 5.23. The molecule has 0 saturated heterocycles. The summed E-state index contributed by atoms with van der Waals surface area (Å²) < 4.78 is 3.33. The van der Waals surface area contributed by atoms with Gasteiger partial charge in [-0.15, -0.1) is 0 Å². The van der Waals surface area contributed by atoms with Gasteiger partial charge in [0.1, 0.15) is 0 Å². The summed E-state index contributed by atoms with van der Waals surface area (Å²) in [7, 11) is 0. The lowest BCUT2D eigenvalue weighted by molar-refractivity contribution is 0.573. The van der Waals surface area contributed by atoms with Gasteiger partial charge in [-0.3, -0.25) is 0 Å². The molecule has 0 unspecified atom stereocenters. The van der Waals surface area contributed by atoms with Gasteiger partial charge in [0, 0.05) is 0 Å². The number of hydrogen-bond donors (Lipinski definition) is 0. The lowest BCUT2D eigenvalue weighted by Crippen LogP contribution is -2.52. The van der Waals surface area contributed by atoms with E-state index in [1.807, 2.05) is 0 Å². The quantitative estimate of drug-likeness (QED) is 0.454. The second-order valence-electron chi connectivity index (χ2n) is 13.3. The Balaban J connectivity index is 3.00. The lowest BCUT2D eigenvalue weighted by Gasteiger charge is -2.36. The van der Waals surface area contributed by atoms with Crippen molar-refractivity contribution in [2.24, 2.45) is 0 Å². The molecule has 1 heteroatoms. The Kier molecular flexibility index (Phi) is 6.85. The molecule has 0 fully saturated rings. The Morgan fingerprint density at radius 1 is 0.433 bits per heavy atom. The summed E-state index contributed by atoms with van der Waals surface area (Å²) in [5, 5.41) is 0. The molecule has 0 saturated carbocycles. The van der Waals surface area contributed by atoms with Crippen LogP contribution in [0.1, 0.15) is 105 Å². The molecule has 0 amide bonds. The molecule has 0 spiro atoms. The first-order valence-corrected chi connectivity index (χ1v) is 14.0. The molecule has 0 atom stereocenters. The van der Waals surface area contributed by atoms with Crippen molar-refractivity contribution >= 4 is 23.0 Å². The van der Waals surface area contributed by atoms with E-state index in [9.17, 15) is 0 Å². The van der Waals surface area contributed by atoms with Gasteiger partial charge < -0.3 is 0 Å². The Bertz CT molecular complexity index is 750. The van der Waals surface area contributed by atoms with Crippen LogP contribution in [0.25, 0.3) is 0 Å². The van der Waals surface area contributed by atoms with Gasteiger partial charge in [-0.1, -0.05) is 156 Å². The minimum Gasteiger partial charge on any atom is -0.0977 e. The minimum atomic E-state index is -1.48. The fraction of sp³-hybridized carbons (Fsp3) is 0.586. The number of rotatable bonds is 2. The summed E-state index contributed by atoms with van der Waals surface area (Å²) in [5.74, 6) is 2.58. The molecule has 164 valence electrons. The van der Waals surface area contributed by atoms with Crippen molar-refractivity contribution in [3.05, 3.63) is 58.7 Å². The van der Waals surface area contributed by atoms with Crippen LogP contribution in [0, 0.1) is 0 Å². The SMILES string of the molecule is [CH3][Al]([c]1c(C(C)(C)C)cccc1C(C)(C)C)[c]1c(C(C)(C)C)cccc1C(C)(C)C. The Morgan fingerprint density at radius 2 is 0.633 bits per heavy atom. The zero-order valence-corrected chi connectivity index (χ0v) is 23.2. The molecular formula is C29H45Al. The maximum absolute atomic E-state index is 2.58. The van der Waals surface area contributed by atoms with Crippen LogP contribution in [0.15, 0.2) is 36.4 Å². The highest BCUT2D eigenvalue weighted by molar-refractivity contribution is 6.85. The Morgan fingerprint density at radius 3 is 0.800 bits per heavy atom. The van der Waals surface area contributed by atoms with Gasteiger partial charge in [0.05, 0.1) is 0 Å². The summed E-state index contributed by atoms with van der Waals surface area (Å²) in [4.78, 5) is 0. The highest BCUT2D eigenvalue weighted by Gasteiger charge is 2.36. The third-order valence-corrected chi connectivity index (χ3v) is 9.29. The van der Waals surface area contributed by atoms with Gasteiger partial charge in [-0.05, 0) is 21.7 Å². The van der Waals surface area contributed by atoms with E-state index in [0.717, 1.165) is 0 Å². The zero-order chi connectivity index (χ0) is 23.3. The molecule has 0 aliphatic rings. The van der Waals surface area contributed by atoms with Crippen LogP contribution in [0.4, 0.5) is 0 Å². The first-order chi connectivity index (χ1) is 13.4. The van der Waals surface area contributed by atoms with Crippen LogP contribution in [-0.4, -0.2) is 14.1 Å². The monoisotopic (exact) mass is 420 g/mol. The van der Waals surface area contributed by atoms with Crippen LogP contribution in [-0.2, 0) is 21.7 Å². The van der Waals surface area contributed by atoms with Gasteiger partial charge in [0.15, 0.2) is 0 Å². The fourth-order valence-electron chi connectivity index (χ4n) is 4.82. The molecule has 0 aliphatic heterocycles. The van der Waals surface area contributed by atoms with Crippen molar-refractivity contribution < 1.29 is 0 Å². The molecule has 0 heterocycles. The molecule has 0 bridgehead atoms. The molecule has 0 aliphatic carbocycles. The summed E-state index contributed by atoms with van der Waals surface area (Å²) >= 11 is -1.48. The summed E-state index contributed by atoms with van der Waals surface area (Å²) in [5.41, 5.74) is 6.70. The van der Waals surface area contributed by atoms with Crippen molar-refractivity contribution in [2.45, 2.75) is 111 Å². The van der Waals surface area contributed by atoms with Gasteiger partial charge >= 0.3 is 14.1 Å². The standard InChI is InChI=1S/2C14H21.CH3.Al/c2*1-13(2,3)11-8-7-9-12(10-11)14(4,5)6;;/h2*7-9H,1-6H3;1H3;. The lowest BCUT2D eigenvalue weighted by atomic mass is 9.80. The van der Waals surface area contributed by atoms with Crippen molar-refractivity contribution in [1.82, 2.24) is 0 Å². The van der Waals surface area contributed by atoms with Gasteiger partial charge in [-0.25, -0.2) is 0 Å². The molecule has 0 N–H and O–H groups in total. The Hall–Kier alpha value is -1.03. The fourth-order valence-corrected chi connectivity index (χ4v) is 9.10. The molecule has 30 heavy (non-hydrogen) atoms. The molecule has 2 rings (SSSR count). The van der Waals surface area contributed by atoms with Crippen LogP contribution in [0.5, 0.6) is 0 Å². The second-order valence-corrected chi connectivity index (χ2v) is 15.9. The van der Waals surface area contributed by atoms with Gasteiger partial charge in [-0.2, -0.15) is 0 Å². The first kappa shape index (κ1) is 25.2. The molecule has 2 aromatic rings.